The molecule has 0 spiro atoms. The van der Waals surface area contributed by atoms with Crippen molar-refractivity contribution in [2.24, 2.45) is 5.92 Å². The molecule has 1 saturated carbocycles. The molecule has 11 heavy (non-hydrogen) atoms. The van der Waals surface area contributed by atoms with Gasteiger partial charge in [-0.15, -0.1) is 0 Å². The standard InChI is InChI=1S/C8H11ClN2/c1-5-2-6(3-5)8-7(9)4-10-11-8/h4-6H,2-3H2,1H3,(H,10,11). The maximum atomic E-state index is 5.90. The predicted octanol–water partition coefficient (Wildman–Crippen LogP) is 2.58. The van der Waals surface area contributed by atoms with E-state index in [2.05, 4.69) is 17.1 Å². The quantitative estimate of drug-likeness (QED) is 0.690. The number of halogens is 1. The highest BCUT2D eigenvalue weighted by molar-refractivity contribution is 6.31. The van der Waals surface area contributed by atoms with Crippen molar-refractivity contribution < 1.29 is 0 Å². The minimum Gasteiger partial charge on any atom is -0.281 e. The van der Waals surface area contributed by atoms with Crippen LogP contribution in [0.25, 0.3) is 0 Å². The molecule has 0 atom stereocenters. The predicted molar refractivity (Wildman–Crippen MR) is 44.7 cm³/mol. The van der Waals surface area contributed by atoms with Gasteiger partial charge in [0.25, 0.3) is 0 Å². The second-order valence-electron chi connectivity index (χ2n) is 3.41. The van der Waals surface area contributed by atoms with E-state index in [0.29, 0.717) is 5.92 Å². The van der Waals surface area contributed by atoms with Gasteiger partial charge in [-0.25, -0.2) is 0 Å². The molecule has 0 saturated heterocycles. The van der Waals surface area contributed by atoms with Crippen LogP contribution in [-0.2, 0) is 0 Å². The Morgan fingerprint density at radius 1 is 1.64 bits per heavy atom. The van der Waals surface area contributed by atoms with Crippen LogP contribution >= 0.6 is 11.6 Å². The summed E-state index contributed by atoms with van der Waals surface area (Å²) in [5, 5.41) is 7.63. The molecule has 1 N–H and O–H groups in total. The van der Waals surface area contributed by atoms with Gasteiger partial charge in [0.15, 0.2) is 0 Å². The first-order valence-corrected chi connectivity index (χ1v) is 4.34. The number of hydrogen-bond donors (Lipinski definition) is 1. The van der Waals surface area contributed by atoms with Crippen molar-refractivity contribution in [3.63, 3.8) is 0 Å². The van der Waals surface area contributed by atoms with Crippen molar-refractivity contribution in [1.29, 1.82) is 0 Å². The molecule has 1 aliphatic rings. The molecule has 0 amide bonds. The Bertz CT molecular complexity index is 250. The van der Waals surface area contributed by atoms with Crippen LogP contribution in [0.1, 0.15) is 31.4 Å². The first-order valence-electron chi connectivity index (χ1n) is 3.96. The van der Waals surface area contributed by atoms with Gasteiger partial charge in [0.05, 0.1) is 16.9 Å². The summed E-state index contributed by atoms with van der Waals surface area (Å²) in [6.45, 7) is 2.26. The molecule has 3 heteroatoms. The molecular formula is C8H11ClN2. The lowest BCUT2D eigenvalue weighted by atomic mass is 9.74. The van der Waals surface area contributed by atoms with Gasteiger partial charge >= 0.3 is 0 Å². The fraction of sp³-hybridized carbons (Fsp3) is 0.625. The van der Waals surface area contributed by atoms with E-state index >= 15 is 0 Å². The molecule has 0 aliphatic heterocycles. The van der Waals surface area contributed by atoms with E-state index in [1.807, 2.05) is 0 Å². The van der Waals surface area contributed by atoms with Crippen LogP contribution in [0, 0.1) is 5.92 Å². The molecule has 60 valence electrons. The normalized spacial score (nSPS) is 30.0. The molecular weight excluding hydrogens is 160 g/mol. The largest absolute Gasteiger partial charge is 0.281 e. The van der Waals surface area contributed by atoms with Gasteiger partial charge in [0, 0.05) is 5.92 Å². The van der Waals surface area contributed by atoms with Gasteiger partial charge in [-0.2, -0.15) is 5.10 Å². The lowest BCUT2D eigenvalue weighted by Gasteiger charge is -2.31. The summed E-state index contributed by atoms with van der Waals surface area (Å²) in [5.74, 6) is 1.50. The molecule has 0 radical (unpaired) electrons. The Labute approximate surface area is 71.0 Å². The van der Waals surface area contributed by atoms with Crippen molar-refractivity contribution in [2.45, 2.75) is 25.7 Å². The number of rotatable bonds is 1. The highest BCUT2D eigenvalue weighted by Crippen LogP contribution is 2.42. The number of hydrogen-bond acceptors (Lipinski definition) is 1. The molecule has 1 aromatic heterocycles. The van der Waals surface area contributed by atoms with Gasteiger partial charge < -0.3 is 0 Å². The maximum absolute atomic E-state index is 5.90. The van der Waals surface area contributed by atoms with E-state index in [0.717, 1.165) is 16.6 Å². The summed E-state index contributed by atoms with van der Waals surface area (Å²) < 4.78 is 0. The second-order valence-corrected chi connectivity index (χ2v) is 3.81. The van der Waals surface area contributed by atoms with E-state index < -0.39 is 0 Å². The average molecular weight is 171 g/mol. The van der Waals surface area contributed by atoms with Crippen LogP contribution in [-0.4, -0.2) is 10.2 Å². The molecule has 1 aliphatic carbocycles. The summed E-state index contributed by atoms with van der Waals surface area (Å²) in [4.78, 5) is 0. The van der Waals surface area contributed by atoms with Crippen molar-refractivity contribution >= 4 is 11.6 Å². The van der Waals surface area contributed by atoms with Gasteiger partial charge in [-0.05, 0) is 18.8 Å². The highest BCUT2D eigenvalue weighted by Gasteiger charge is 2.29. The zero-order chi connectivity index (χ0) is 7.84. The second kappa shape index (κ2) is 2.52. The van der Waals surface area contributed by atoms with E-state index in [-0.39, 0.29) is 0 Å². The smallest absolute Gasteiger partial charge is 0.0818 e. The molecule has 0 aromatic carbocycles. The van der Waals surface area contributed by atoms with Crippen molar-refractivity contribution in [3.8, 4) is 0 Å². The summed E-state index contributed by atoms with van der Waals surface area (Å²) in [6.07, 6.45) is 4.18. The van der Waals surface area contributed by atoms with Crippen LogP contribution in [0.2, 0.25) is 5.02 Å². The fourth-order valence-electron chi connectivity index (χ4n) is 1.71. The zero-order valence-electron chi connectivity index (χ0n) is 6.47. The molecule has 2 nitrogen and oxygen atoms in total. The minimum atomic E-state index is 0.639. The first kappa shape index (κ1) is 7.17. The third-order valence-corrected chi connectivity index (χ3v) is 2.70. The Morgan fingerprint density at radius 2 is 2.36 bits per heavy atom. The Hall–Kier alpha value is -0.500. The van der Waals surface area contributed by atoms with E-state index in [4.69, 9.17) is 11.6 Å². The monoisotopic (exact) mass is 170 g/mol. The van der Waals surface area contributed by atoms with E-state index in [1.54, 1.807) is 6.20 Å². The third-order valence-electron chi connectivity index (χ3n) is 2.40. The van der Waals surface area contributed by atoms with Crippen LogP contribution in [0.15, 0.2) is 6.20 Å². The number of H-pyrrole nitrogens is 1. The summed E-state index contributed by atoms with van der Waals surface area (Å²) in [6, 6.07) is 0. The summed E-state index contributed by atoms with van der Waals surface area (Å²) in [7, 11) is 0. The maximum Gasteiger partial charge on any atom is 0.0818 e. The zero-order valence-corrected chi connectivity index (χ0v) is 7.23. The lowest BCUT2D eigenvalue weighted by Crippen LogP contribution is -2.19. The highest BCUT2D eigenvalue weighted by atomic mass is 35.5. The number of nitrogens with zero attached hydrogens (tertiary/aromatic N) is 1. The van der Waals surface area contributed by atoms with Crippen LogP contribution < -0.4 is 0 Å². The van der Waals surface area contributed by atoms with Gasteiger partial charge in [-0.1, -0.05) is 18.5 Å². The minimum absolute atomic E-state index is 0.639. The van der Waals surface area contributed by atoms with E-state index in [1.165, 1.54) is 12.8 Å². The number of nitrogens with one attached hydrogen (secondary N) is 1. The summed E-state index contributed by atoms with van der Waals surface area (Å²) in [5.41, 5.74) is 1.13. The average Bonchev–Trinajstić information content (AvgIpc) is 2.29. The number of aromatic nitrogens is 2. The fourth-order valence-corrected chi connectivity index (χ4v) is 1.95. The van der Waals surface area contributed by atoms with Crippen molar-refractivity contribution in [2.75, 3.05) is 0 Å². The first-order chi connectivity index (χ1) is 5.27. The molecule has 0 bridgehead atoms. The third kappa shape index (κ3) is 1.16. The van der Waals surface area contributed by atoms with E-state index in [9.17, 15) is 0 Å². The Balaban J connectivity index is 2.12. The van der Waals surface area contributed by atoms with Gasteiger partial charge in [0.2, 0.25) is 0 Å². The molecule has 0 unspecified atom stereocenters. The summed E-state index contributed by atoms with van der Waals surface area (Å²) >= 11 is 5.90. The SMILES string of the molecule is CC1CC(c2[nH]ncc2Cl)C1. The van der Waals surface area contributed by atoms with Gasteiger partial charge in [0.1, 0.15) is 0 Å². The van der Waals surface area contributed by atoms with Crippen LogP contribution in [0.5, 0.6) is 0 Å². The molecule has 1 heterocycles. The van der Waals surface area contributed by atoms with Crippen LogP contribution in [0.3, 0.4) is 0 Å². The topological polar surface area (TPSA) is 28.7 Å². The molecule has 1 aromatic rings. The van der Waals surface area contributed by atoms with Crippen LogP contribution in [0.4, 0.5) is 0 Å². The Morgan fingerprint density at radius 3 is 2.82 bits per heavy atom. The molecule has 1 fully saturated rings. The lowest BCUT2D eigenvalue weighted by molar-refractivity contribution is 0.283. The van der Waals surface area contributed by atoms with Crippen molar-refractivity contribution in [1.82, 2.24) is 10.2 Å². The van der Waals surface area contributed by atoms with Crippen molar-refractivity contribution in [3.05, 3.63) is 16.9 Å². The molecule has 2 rings (SSSR count). The Kier molecular flexibility index (Phi) is 1.64. The number of aromatic amines is 1. The van der Waals surface area contributed by atoms with Gasteiger partial charge in [-0.3, -0.25) is 5.10 Å².